The molecule has 4 aromatic rings. The van der Waals surface area contributed by atoms with E-state index in [0.717, 1.165) is 37.7 Å². The van der Waals surface area contributed by atoms with Crippen LogP contribution in [0.25, 0.3) is 16.9 Å². The molecule has 1 fully saturated rings. The maximum Gasteiger partial charge on any atom is 0.278 e. The van der Waals surface area contributed by atoms with E-state index < -0.39 is 9.73 Å². The Morgan fingerprint density at radius 2 is 1.78 bits per heavy atom. The molecule has 0 bridgehead atoms. The molecule has 0 atom stereocenters. The number of pyridine rings is 1. The van der Waals surface area contributed by atoms with Crippen molar-refractivity contribution in [3.63, 3.8) is 0 Å². The number of hydrogen-bond acceptors (Lipinski definition) is 9. The molecule has 0 aliphatic carbocycles. The van der Waals surface area contributed by atoms with E-state index in [2.05, 4.69) is 36.7 Å². The summed E-state index contributed by atoms with van der Waals surface area (Å²) in [6, 6.07) is 13.1. The van der Waals surface area contributed by atoms with Gasteiger partial charge in [0.15, 0.2) is 17.3 Å². The Labute approximate surface area is 215 Å². The van der Waals surface area contributed by atoms with Crippen molar-refractivity contribution in [2.24, 2.45) is 4.36 Å². The van der Waals surface area contributed by atoms with Crippen LogP contribution < -0.4 is 15.8 Å². The molecule has 0 spiro atoms. The summed E-state index contributed by atoms with van der Waals surface area (Å²) >= 11 is 0. The van der Waals surface area contributed by atoms with E-state index in [9.17, 15) is 9.00 Å². The lowest BCUT2D eigenvalue weighted by Crippen LogP contribution is -2.36. The van der Waals surface area contributed by atoms with Crippen LogP contribution in [0.5, 0.6) is 0 Å². The number of benzene rings is 1. The number of fused-ring (bicyclic) bond motifs is 1. The topological polar surface area (TPSA) is 120 Å². The number of ether oxygens (including phenoxy) is 1. The first-order chi connectivity index (χ1) is 17.7. The minimum atomic E-state index is -2.40. The lowest BCUT2D eigenvalue weighted by atomic mass is 10.2. The van der Waals surface area contributed by atoms with Gasteiger partial charge in [-0.2, -0.15) is 9.35 Å². The normalized spacial score (nSPS) is 14.4. The molecule has 1 aromatic carbocycles. The summed E-state index contributed by atoms with van der Waals surface area (Å²) in [5, 5.41) is 3.61. The van der Waals surface area contributed by atoms with Crippen LogP contribution in [0.15, 0.2) is 57.8 Å². The SMILES string of the molecule is CC(C)n1c(=O)c2cnc(Nc3ccc(N4CCOCC4)cc3)nc2n1-c1cccc(N=S(C)(C)=O)n1. The molecule has 1 aliphatic heterocycles. The number of anilines is 3. The first kappa shape index (κ1) is 24.9. The van der Waals surface area contributed by atoms with Gasteiger partial charge in [-0.3, -0.25) is 4.79 Å². The van der Waals surface area contributed by atoms with Crippen LogP contribution in [0.2, 0.25) is 0 Å². The lowest BCUT2D eigenvalue weighted by molar-refractivity contribution is 0.122. The molecule has 0 radical (unpaired) electrons. The molecule has 1 aliphatic rings. The first-order valence-corrected chi connectivity index (χ1v) is 14.4. The first-order valence-electron chi connectivity index (χ1n) is 12.0. The highest BCUT2D eigenvalue weighted by Crippen LogP contribution is 2.23. The van der Waals surface area contributed by atoms with Crippen LogP contribution in [0.1, 0.15) is 19.9 Å². The van der Waals surface area contributed by atoms with Crippen molar-refractivity contribution in [3.05, 3.63) is 59.0 Å². The van der Waals surface area contributed by atoms with E-state index in [1.165, 1.54) is 6.20 Å². The van der Waals surface area contributed by atoms with Gasteiger partial charge in [0.25, 0.3) is 5.56 Å². The van der Waals surface area contributed by atoms with Crippen molar-refractivity contribution < 1.29 is 8.95 Å². The van der Waals surface area contributed by atoms with Gasteiger partial charge in [0.05, 0.1) is 13.2 Å². The second-order valence-corrected chi connectivity index (χ2v) is 11.9. The Hall–Kier alpha value is -3.77. The van der Waals surface area contributed by atoms with Gasteiger partial charge in [0.1, 0.15) is 5.39 Å². The van der Waals surface area contributed by atoms with Crippen LogP contribution in [0, 0.1) is 0 Å². The van der Waals surface area contributed by atoms with Crippen LogP contribution in [0.3, 0.4) is 0 Å². The van der Waals surface area contributed by atoms with Crippen LogP contribution in [0.4, 0.5) is 23.1 Å². The zero-order valence-corrected chi connectivity index (χ0v) is 22.1. The maximum absolute atomic E-state index is 13.3. The Morgan fingerprint density at radius 1 is 1.05 bits per heavy atom. The summed E-state index contributed by atoms with van der Waals surface area (Å²) in [4.78, 5) is 29.2. The molecule has 4 heterocycles. The lowest BCUT2D eigenvalue weighted by Gasteiger charge is -2.28. The zero-order valence-electron chi connectivity index (χ0n) is 21.3. The molecule has 1 saturated heterocycles. The highest BCUT2D eigenvalue weighted by Gasteiger charge is 2.20. The molecule has 11 nitrogen and oxygen atoms in total. The average molecular weight is 523 g/mol. The van der Waals surface area contributed by atoms with E-state index in [0.29, 0.717) is 28.6 Å². The summed E-state index contributed by atoms with van der Waals surface area (Å²) in [5.41, 5.74) is 2.16. The smallest absolute Gasteiger partial charge is 0.278 e. The van der Waals surface area contributed by atoms with Gasteiger partial charge in [0.2, 0.25) is 5.95 Å². The number of nitrogens with one attached hydrogen (secondary N) is 1. The predicted molar refractivity (Wildman–Crippen MR) is 146 cm³/mol. The molecule has 12 heteroatoms. The number of hydrogen-bond donors (Lipinski definition) is 1. The van der Waals surface area contributed by atoms with Gasteiger partial charge >= 0.3 is 0 Å². The van der Waals surface area contributed by atoms with Crippen molar-refractivity contribution in [3.8, 4) is 5.82 Å². The summed E-state index contributed by atoms with van der Waals surface area (Å²) in [6.07, 6.45) is 4.63. The third kappa shape index (κ3) is 5.35. The molecule has 0 saturated carbocycles. The molecule has 1 N–H and O–H groups in total. The van der Waals surface area contributed by atoms with Gasteiger partial charge in [-0.1, -0.05) is 6.07 Å². The molecule has 0 unspecified atom stereocenters. The molecule has 0 amide bonds. The van der Waals surface area contributed by atoms with Crippen molar-refractivity contribution in [1.82, 2.24) is 24.3 Å². The van der Waals surface area contributed by atoms with E-state index in [-0.39, 0.29) is 11.6 Å². The fourth-order valence-electron chi connectivity index (χ4n) is 4.26. The van der Waals surface area contributed by atoms with Crippen molar-refractivity contribution in [2.75, 3.05) is 49.0 Å². The van der Waals surface area contributed by atoms with Crippen LogP contribution >= 0.6 is 0 Å². The van der Waals surface area contributed by atoms with Crippen molar-refractivity contribution >= 4 is 43.9 Å². The highest BCUT2D eigenvalue weighted by atomic mass is 32.2. The fourth-order valence-corrected chi connectivity index (χ4v) is 4.81. The van der Waals surface area contributed by atoms with Crippen LogP contribution in [-0.4, -0.2) is 67.3 Å². The Bertz CT molecular complexity index is 1600. The van der Waals surface area contributed by atoms with E-state index in [4.69, 9.17) is 9.72 Å². The fraction of sp³-hybridized carbons (Fsp3) is 0.360. The second-order valence-electron chi connectivity index (χ2n) is 9.38. The Balaban J connectivity index is 1.54. The molecular weight excluding hydrogens is 492 g/mol. The number of morpholine rings is 1. The molecule has 3 aromatic heterocycles. The predicted octanol–water partition coefficient (Wildman–Crippen LogP) is 3.50. The van der Waals surface area contributed by atoms with Crippen LogP contribution in [-0.2, 0) is 14.5 Å². The molecular formula is C25H30N8O3S. The minimum Gasteiger partial charge on any atom is -0.378 e. The Kier molecular flexibility index (Phi) is 6.69. The van der Waals surface area contributed by atoms with Crippen molar-refractivity contribution in [2.45, 2.75) is 19.9 Å². The van der Waals surface area contributed by atoms with Gasteiger partial charge in [-0.05, 0) is 50.2 Å². The van der Waals surface area contributed by atoms with E-state index in [1.54, 1.807) is 40.1 Å². The second kappa shape index (κ2) is 9.94. The summed E-state index contributed by atoms with van der Waals surface area (Å²) < 4.78 is 25.1. The minimum absolute atomic E-state index is 0.171. The van der Waals surface area contributed by atoms with Gasteiger partial charge < -0.3 is 15.0 Å². The molecule has 194 valence electrons. The zero-order chi connectivity index (χ0) is 26.2. The third-order valence-electron chi connectivity index (χ3n) is 5.86. The van der Waals surface area contributed by atoms with E-state index >= 15 is 0 Å². The number of nitrogens with zero attached hydrogens (tertiary/aromatic N) is 7. The standard InChI is InChI=1S/C25H30N8O3S/c1-17(2)32-24(34)20-16-26-25(27-18-8-10-19(11-9-18)31-12-14-36-15-13-31)29-23(20)33(32)22-7-5-6-21(28-22)30-37(3,4)35/h5-11,16-17H,12-15H2,1-4H3,(H,26,27,29). The highest BCUT2D eigenvalue weighted by molar-refractivity contribution is 7.92. The van der Waals surface area contributed by atoms with Gasteiger partial charge in [-0.25, -0.2) is 23.5 Å². The summed E-state index contributed by atoms with van der Waals surface area (Å²) in [6.45, 7) is 7.03. The number of rotatable bonds is 6. The monoisotopic (exact) mass is 522 g/mol. The van der Waals surface area contributed by atoms with E-state index in [1.807, 2.05) is 26.0 Å². The summed E-state index contributed by atoms with van der Waals surface area (Å²) in [7, 11) is -2.40. The van der Waals surface area contributed by atoms with Gasteiger partial charge in [0, 0.05) is 58.9 Å². The Morgan fingerprint density at radius 3 is 2.46 bits per heavy atom. The largest absolute Gasteiger partial charge is 0.378 e. The molecule has 5 rings (SSSR count). The number of aromatic nitrogens is 5. The maximum atomic E-state index is 13.3. The van der Waals surface area contributed by atoms with Gasteiger partial charge in [-0.15, -0.1) is 0 Å². The molecule has 37 heavy (non-hydrogen) atoms. The average Bonchev–Trinajstić information content (AvgIpc) is 3.16. The quantitative estimate of drug-likeness (QED) is 0.409. The van der Waals surface area contributed by atoms with Crippen molar-refractivity contribution in [1.29, 1.82) is 0 Å². The third-order valence-corrected chi connectivity index (χ3v) is 6.49. The summed E-state index contributed by atoms with van der Waals surface area (Å²) in [5.74, 6) is 1.13.